The van der Waals surface area contributed by atoms with Gasteiger partial charge in [0.15, 0.2) is 11.6 Å². The minimum atomic E-state index is -0.114. The van der Waals surface area contributed by atoms with Crippen molar-refractivity contribution in [3.8, 4) is 0 Å². The van der Waals surface area contributed by atoms with Crippen molar-refractivity contribution >= 4 is 11.7 Å². The molecule has 0 bridgehead atoms. The van der Waals surface area contributed by atoms with Gasteiger partial charge in [0.05, 0.1) is 6.54 Å². The zero-order valence-electron chi connectivity index (χ0n) is 16.4. The van der Waals surface area contributed by atoms with Crippen molar-refractivity contribution < 1.29 is 9.59 Å². The van der Waals surface area contributed by atoms with Gasteiger partial charge < -0.3 is 9.88 Å². The van der Waals surface area contributed by atoms with Crippen LogP contribution in [-0.4, -0.2) is 26.5 Å². The fourth-order valence-corrected chi connectivity index (χ4v) is 4.22. The number of nitrogens with one attached hydrogen (secondary N) is 1. The predicted octanol–water partition coefficient (Wildman–Crippen LogP) is 3.16. The van der Waals surface area contributed by atoms with Crippen molar-refractivity contribution in [3.05, 3.63) is 46.5 Å². The molecule has 0 saturated heterocycles. The van der Waals surface area contributed by atoms with Gasteiger partial charge in [0.1, 0.15) is 5.82 Å². The molecule has 0 fully saturated rings. The van der Waals surface area contributed by atoms with Crippen LogP contribution in [0.15, 0.2) is 18.2 Å². The van der Waals surface area contributed by atoms with Crippen LogP contribution in [0.2, 0.25) is 0 Å². The van der Waals surface area contributed by atoms with Gasteiger partial charge in [0, 0.05) is 31.4 Å². The maximum Gasteiger partial charge on any atom is 0.220 e. The molecule has 1 aliphatic carbocycles. The van der Waals surface area contributed by atoms with Crippen LogP contribution in [0.5, 0.6) is 0 Å². The molecule has 1 aromatic carbocycles. The SMILES string of the molecule is O=C(CCC(=O)c1ccc2c(c1)CCCC2)NCc1nnc2n1CCCCC2. The molecular weight excluding hydrogens is 352 g/mol. The molecule has 28 heavy (non-hydrogen) atoms. The highest BCUT2D eigenvalue weighted by molar-refractivity contribution is 5.98. The van der Waals surface area contributed by atoms with Crippen molar-refractivity contribution in [2.45, 2.75) is 77.3 Å². The van der Waals surface area contributed by atoms with Crippen LogP contribution in [0, 0.1) is 0 Å². The van der Waals surface area contributed by atoms with E-state index >= 15 is 0 Å². The summed E-state index contributed by atoms with van der Waals surface area (Å²) in [6, 6.07) is 6.02. The Morgan fingerprint density at radius 1 is 0.929 bits per heavy atom. The number of carbonyl (C=O) groups excluding carboxylic acids is 2. The molecule has 1 aromatic heterocycles. The molecule has 4 rings (SSSR count). The minimum absolute atomic E-state index is 0.0415. The molecule has 2 aromatic rings. The van der Waals surface area contributed by atoms with Crippen LogP contribution < -0.4 is 5.32 Å². The van der Waals surface area contributed by atoms with Crippen LogP contribution in [0.25, 0.3) is 0 Å². The topological polar surface area (TPSA) is 76.9 Å². The highest BCUT2D eigenvalue weighted by atomic mass is 16.2. The molecule has 6 heteroatoms. The molecule has 0 spiro atoms. The van der Waals surface area contributed by atoms with Crippen LogP contribution in [-0.2, 0) is 37.1 Å². The lowest BCUT2D eigenvalue weighted by molar-refractivity contribution is -0.121. The summed E-state index contributed by atoms with van der Waals surface area (Å²) < 4.78 is 2.13. The molecule has 0 atom stereocenters. The van der Waals surface area contributed by atoms with E-state index in [4.69, 9.17) is 0 Å². The Kier molecular flexibility index (Phi) is 5.84. The third kappa shape index (κ3) is 4.32. The van der Waals surface area contributed by atoms with E-state index in [1.54, 1.807) is 0 Å². The van der Waals surface area contributed by atoms with Crippen molar-refractivity contribution in [3.63, 3.8) is 0 Å². The number of hydrogen-bond donors (Lipinski definition) is 1. The maximum absolute atomic E-state index is 12.5. The number of aromatic nitrogens is 3. The van der Waals surface area contributed by atoms with E-state index in [-0.39, 0.29) is 24.5 Å². The lowest BCUT2D eigenvalue weighted by Crippen LogP contribution is -2.25. The summed E-state index contributed by atoms with van der Waals surface area (Å²) in [4.78, 5) is 24.7. The summed E-state index contributed by atoms with van der Waals surface area (Å²) in [5.41, 5.74) is 3.40. The van der Waals surface area contributed by atoms with E-state index in [9.17, 15) is 9.59 Å². The van der Waals surface area contributed by atoms with Gasteiger partial charge in [0.25, 0.3) is 0 Å². The molecule has 0 unspecified atom stereocenters. The van der Waals surface area contributed by atoms with Gasteiger partial charge in [-0.25, -0.2) is 0 Å². The van der Waals surface area contributed by atoms with Crippen molar-refractivity contribution in [1.82, 2.24) is 20.1 Å². The molecule has 1 N–H and O–H groups in total. The Hall–Kier alpha value is -2.50. The van der Waals surface area contributed by atoms with Gasteiger partial charge in [-0.3, -0.25) is 9.59 Å². The monoisotopic (exact) mass is 380 g/mol. The smallest absolute Gasteiger partial charge is 0.220 e. The van der Waals surface area contributed by atoms with E-state index in [0.29, 0.717) is 6.54 Å². The van der Waals surface area contributed by atoms with E-state index in [0.717, 1.165) is 55.9 Å². The number of fused-ring (bicyclic) bond motifs is 2. The van der Waals surface area contributed by atoms with E-state index in [1.807, 2.05) is 12.1 Å². The normalized spacial score (nSPS) is 16.0. The Balaban J connectivity index is 1.28. The lowest BCUT2D eigenvalue weighted by Gasteiger charge is -2.16. The highest BCUT2D eigenvalue weighted by Gasteiger charge is 2.16. The largest absolute Gasteiger partial charge is 0.349 e. The van der Waals surface area contributed by atoms with E-state index < -0.39 is 0 Å². The molecule has 0 radical (unpaired) electrons. The zero-order valence-corrected chi connectivity index (χ0v) is 16.4. The lowest BCUT2D eigenvalue weighted by atomic mass is 9.89. The molecule has 1 amide bonds. The molecule has 0 saturated carbocycles. The van der Waals surface area contributed by atoms with Gasteiger partial charge in [-0.1, -0.05) is 18.6 Å². The average molecular weight is 380 g/mol. The molecule has 2 heterocycles. The highest BCUT2D eigenvalue weighted by Crippen LogP contribution is 2.23. The van der Waals surface area contributed by atoms with Gasteiger partial charge in [-0.2, -0.15) is 0 Å². The third-order valence-corrected chi connectivity index (χ3v) is 5.88. The summed E-state index contributed by atoms with van der Waals surface area (Å²) in [5.74, 6) is 1.76. The van der Waals surface area contributed by atoms with Gasteiger partial charge in [0.2, 0.25) is 5.91 Å². The summed E-state index contributed by atoms with van der Waals surface area (Å²) in [7, 11) is 0. The first-order chi connectivity index (χ1) is 13.7. The molecule has 1 aliphatic heterocycles. The fourth-order valence-electron chi connectivity index (χ4n) is 4.22. The number of rotatable bonds is 6. The number of nitrogens with zero attached hydrogens (tertiary/aromatic N) is 3. The Morgan fingerprint density at radius 2 is 1.75 bits per heavy atom. The molecule has 6 nitrogen and oxygen atoms in total. The van der Waals surface area contributed by atoms with Crippen LogP contribution in [0.3, 0.4) is 0 Å². The van der Waals surface area contributed by atoms with Crippen LogP contribution >= 0.6 is 0 Å². The van der Waals surface area contributed by atoms with Crippen LogP contribution in [0.1, 0.15) is 78.1 Å². The Bertz CT molecular complexity index is 871. The summed E-state index contributed by atoms with van der Waals surface area (Å²) in [6.45, 7) is 1.29. The van der Waals surface area contributed by atoms with E-state index in [2.05, 4.69) is 26.1 Å². The fraction of sp³-hybridized carbons (Fsp3) is 0.545. The summed E-state index contributed by atoms with van der Waals surface area (Å²) >= 11 is 0. The second-order valence-electron chi connectivity index (χ2n) is 7.89. The number of benzene rings is 1. The van der Waals surface area contributed by atoms with Crippen molar-refractivity contribution in [1.29, 1.82) is 0 Å². The number of ketones is 1. The molecule has 148 valence electrons. The summed E-state index contributed by atoms with van der Waals surface area (Å²) in [6.07, 6.45) is 9.47. The summed E-state index contributed by atoms with van der Waals surface area (Å²) in [5, 5.41) is 11.4. The van der Waals surface area contributed by atoms with Gasteiger partial charge in [-0.15, -0.1) is 10.2 Å². The number of carbonyl (C=O) groups is 2. The van der Waals surface area contributed by atoms with Gasteiger partial charge in [-0.05, 0) is 55.7 Å². The number of hydrogen-bond acceptors (Lipinski definition) is 4. The zero-order chi connectivity index (χ0) is 19.3. The first kappa shape index (κ1) is 18.8. The maximum atomic E-state index is 12.5. The quantitative estimate of drug-likeness (QED) is 0.781. The minimum Gasteiger partial charge on any atom is -0.349 e. The second-order valence-corrected chi connectivity index (χ2v) is 7.89. The van der Waals surface area contributed by atoms with Gasteiger partial charge >= 0.3 is 0 Å². The predicted molar refractivity (Wildman–Crippen MR) is 106 cm³/mol. The van der Waals surface area contributed by atoms with Crippen molar-refractivity contribution in [2.24, 2.45) is 0 Å². The van der Waals surface area contributed by atoms with Crippen LogP contribution in [0.4, 0.5) is 0 Å². The Labute approximate surface area is 165 Å². The first-order valence-corrected chi connectivity index (χ1v) is 10.5. The number of aryl methyl sites for hydroxylation is 3. The Morgan fingerprint density at radius 3 is 2.64 bits per heavy atom. The molecule has 2 aliphatic rings. The number of amides is 1. The second kappa shape index (κ2) is 8.67. The third-order valence-electron chi connectivity index (χ3n) is 5.88. The average Bonchev–Trinajstić information content (AvgIpc) is 2.96. The molecular formula is C22H28N4O2. The first-order valence-electron chi connectivity index (χ1n) is 10.5. The van der Waals surface area contributed by atoms with E-state index in [1.165, 1.54) is 30.4 Å². The van der Waals surface area contributed by atoms with Crippen molar-refractivity contribution in [2.75, 3.05) is 0 Å². The standard InChI is InChI=1S/C22H28N4O2/c27-19(18-10-9-16-6-3-4-7-17(16)14-18)11-12-22(28)23-15-21-25-24-20-8-2-1-5-13-26(20)21/h9-10,14H,1-8,11-13,15H2,(H,23,28). The number of Topliss-reactive ketones (excluding diaryl/α,β-unsaturated/α-hetero) is 1.